The molecule has 1 atom stereocenters. The third-order valence-electron chi connectivity index (χ3n) is 2.36. The highest BCUT2D eigenvalue weighted by Crippen LogP contribution is 2.22. The van der Waals surface area contributed by atoms with E-state index < -0.39 is 5.60 Å². The zero-order valence-electron chi connectivity index (χ0n) is 10.2. The summed E-state index contributed by atoms with van der Waals surface area (Å²) in [5.41, 5.74) is 0.772. The highest BCUT2D eigenvalue weighted by Gasteiger charge is 2.18. The van der Waals surface area contributed by atoms with E-state index in [-0.39, 0.29) is 12.5 Å². The minimum absolute atomic E-state index is 0.180. The molecule has 0 aromatic rings. The molecule has 0 heterocycles. The molecule has 3 nitrogen and oxygen atoms in total. The molecule has 0 saturated heterocycles. The van der Waals surface area contributed by atoms with Gasteiger partial charge in [-0.2, -0.15) is 0 Å². The molecule has 0 aromatic carbocycles. The zero-order chi connectivity index (χ0) is 11.5. The normalized spacial score (nSPS) is 24.5. The third kappa shape index (κ3) is 4.96. The minimum Gasteiger partial charge on any atom is -0.459 e. The Morgan fingerprint density at radius 1 is 1.53 bits per heavy atom. The number of esters is 1. The summed E-state index contributed by atoms with van der Waals surface area (Å²) in [6, 6.07) is 0. The Morgan fingerprint density at radius 2 is 2.20 bits per heavy atom. The molecule has 1 rings (SSSR count). The van der Waals surface area contributed by atoms with Gasteiger partial charge in [-0.15, -0.1) is 0 Å². The van der Waals surface area contributed by atoms with Crippen LogP contribution in [-0.2, 0) is 9.53 Å². The van der Waals surface area contributed by atoms with Crippen LogP contribution in [0.1, 0.15) is 47.0 Å². The summed E-state index contributed by atoms with van der Waals surface area (Å²) in [5, 5.41) is 0. The Hall–Kier alpha value is -0.860. The summed E-state index contributed by atoms with van der Waals surface area (Å²) in [6.07, 6.45) is 3.29. The second-order valence-corrected chi connectivity index (χ2v) is 5.32. The van der Waals surface area contributed by atoms with Crippen LogP contribution in [0.5, 0.6) is 0 Å². The van der Waals surface area contributed by atoms with E-state index in [0.717, 1.165) is 18.8 Å². The fourth-order valence-corrected chi connectivity index (χ4v) is 1.71. The summed E-state index contributed by atoms with van der Waals surface area (Å²) in [5.74, 6) is 0.497. The Bertz CT molecular complexity index is 263. The van der Waals surface area contributed by atoms with Crippen molar-refractivity contribution in [3.8, 4) is 0 Å². The summed E-state index contributed by atoms with van der Waals surface area (Å²) in [7, 11) is 0. The van der Waals surface area contributed by atoms with Gasteiger partial charge in [0, 0.05) is 5.71 Å². The van der Waals surface area contributed by atoms with Crippen molar-refractivity contribution in [1.82, 2.24) is 0 Å². The molecule has 0 aliphatic heterocycles. The predicted octanol–water partition coefficient (Wildman–Crippen LogP) is 2.59. The van der Waals surface area contributed by atoms with Crippen molar-refractivity contribution in [2.24, 2.45) is 10.9 Å². The first-order valence-corrected chi connectivity index (χ1v) is 5.61. The van der Waals surface area contributed by atoms with Gasteiger partial charge in [0.05, 0.1) is 0 Å². The van der Waals surface area contributed by atoms with Gasteiger partial charge in [0.25, 0.3) is 0 Å². The lowest BCUT2D eigenvalue weighted by Gasteiger charge is -2.18. The average molecular weight is 211 g/mol. The predicted molar refractivity (Wildman–Crippen MR) is 61.2 cm³/mol. The summed E-state index contributed by atoms with van der Waals surface area (Å²) >= 11 is 0. The van der Waals surface area contributed by atoms with Crippen molar-refractivity contribution in [3.05, 3.63) is 0 Å². The zero-order valence-corrected chi connectivity index (χ0v) is 10.2. The lowest BCUT2D eigenvalue weighted by Crippen LogP contribution is -2.25. The molecule has 1 aliphatic carbocycles. The molecule has 15 heavy (non-hydrogen) atoms. The monoisotopic (exact) mass is 211 g/mol. The fourth-order valence-electron chi connectivity index (χ4n) is 1.71. The maximum absolute atomic E-state index is 11.4. The Kier molecular flexibility index (Phi) is 3.89. The Balaban J connectivity index is 2.34. The van der Waals surface area contributed by atoms with E-state index in [9.17, 15) is 4.79 Å². The van der Waals surface area contributed by atoms with E-state index in [1.165, 1.54) is 12.1 Å². The van der Waals surface area contributed by atoms with E-state index in [1.54, 1.807) is 0 Å². The number of aliphatic imine (C=N–C) groups is 1. The molecule has 0 amide bonds. The van der Waals surface area contributed by atoms with Crippen LogP contribution in [0.25, 0.3) is 0 Å². The second kappa shape index (κ2) is 4.77. The maximum Gasteiger partial charge on any atom is 0.328 e. The molecule has 0 bridgehead atoms. The number of ether oxygens (including phenoxy) is 1. The highest BCUT2D eigenvalue weighted by atomic mass is 16.6. The van der Waals surface area contributed by atoms with E-state index in [2.05, 4.69) is 11.9 Å². The number of hydrogen-bond acceptors (Lipinski definition) is 3. The van der Waals surface area contributed by atoms with Gasteiger partial charge in [-0.1, -0.05) is 6.92 Å². The maximum atomic E-state index is 11.4. The number of carbonyl (C=O) groups is 1. The topological polar surface area (TPSA) is 38.7 Å². The van der Waals surface area contributed by atoms with Crippen molar-refractivity contribution in [3.63, 3.8) is 0 Å². The van der Waals surface area contributed by atoms with Gasteiger partial charge in [-0.25, -0.2) is 0 Å². The van der Waals surface area contributed by atoms with Crippen molar-refractivity contribution < 1.29 is 9.53 Å². The lowest BCUT2D eigenvalue weighted by atomic mass is 10.1. The van der Waals surface area contributed by atoms with Crippen LogP contribution in [0.3, 0.4) is 0 Å². The second-order valence-electron chi connectivity index (χ2n) is 5.32. The van der Waals surface area contributed by atoms with Crippen LogP contribution in [0, 0.1) is 5.92 Å². The molecular weight excluding hydrogens is 190 g/mol. The van der Waals surface area contributed by atoms with E-state index in [1.807, 2.05) is 20.8 Å². The standard InChI is InChI=1S/C12H21NO2/c1-9-5-6-10(7-9)13-8-11(14)15-12(2,3)4/h9H,5-8H2,1-4H3/t9-/m0/s1. The Labute approximate surface area is 91.9 Å². The van der Waals surface area contributed by atoms with Crippen molar-refractivity contribution >= 4 is 11.7 Å². The van der Waals surface area contributed by atoms with Crippen molar-refractivity contribution in [2.75, 3.05) is 6.54 Å². The molecule has 1 fully saturated rings. The quantitative estimate of drug-likeness (QED) is 0.658. The molecule has 0 unspecified atom stereocenters. The summed E-state index contributed by atoms with van der Waals surface area (Å²) in [6.45, 7) is 8.01. The van der Waals surface area contributed by atoms with Gasteiger partial charge in [-0.3, -0.25) is 9.79 Å². The van der Waals surface area contributed by atoms with Crippen molar-refractivity contribution in [2.45, 2.75) is 52.6 Å². The summed E-state index contributed by atoms with van der Waals surface area (Å²) < 4.78 is 5.18. The molecular formula is C12H21NO2. The molecule has 0 radical (unpaired) electrons. The molecule has 1 saturated carbocycles. The Morgan fingerprint density at radius 3 is 2.67 bits per heavy atom. The fraction of sp³-hybridized carbons (Fsp3) is 0.833. The van der Waals surface area contributed by atoms with Gasteiger partial charge in [-0.05, 0) is 46.0 Å². The smallest absolute Gasteiger partial charge is 0.328 e. The minimum atomic E-state index is -0.403. The van der Waals surface area contributed by atoms with Crippen molar-refractivity contribution in [1.29, 1.82) is 0 Å². The van der Waals surface area contributed by atoms with E-state index >= 15 is 0 Å². The van der Waals surface area contributed by atoms with Crippen LogP contribution in [0.2, 0.25) is 0 Å². The number of nitrogens with zero attached hydrogens (tertiary/aromatic N) is 1. The SMILES string of the molecule is C[C@H]1CCC(=NCC(=O)OC(C)(C)C)C1. The number of hydrogen-bond donors (Lipinski definition) is 0. The third-order valence-corrected chi connectivity index (χ3v) is 2.36. The van der Waals surface area contributed by atoms with Gasteiger partial charge in [0.2, 0.25) is 0 Å². The molecule has 0 spiro atoms. The first-order valence-electron chi connectivity index (χ1n) is 5.61. The van der Waals surface area contributed by atoms with E-state index in [0.29, 0.717) is 0 Å². The lowest BCUT2D eigenvalue weighted by molar-refractivity contribution is -0.152. The average Bonchev–Trinajstić information content (AvgIpc) is 2.45. The molecule has 0 aromatic heterocycles. The largest absolute Gasteiger partial charge is 0.459 e. The van der Waals surface area contributed by atoms with Crippen LogP contribution in [-0.4, -0.2) is 23.8 Å². The van der Waals surface area contributed by atoms with Gasteiger partial charge >= 0.3 is 5.97 Å². The van der Waals surface area contributed by atoms with Gasteiger partial charge < -0.3 is 4.74 Å². The van der Waals surface area contributed by atoms with Crippen LogP contribution in [0.4, 0.5) is 0 Å². The first kappa shape index (κ1) is 12.2. The van der Waals surface area contributed by atoms with Crippen LogP contribution >= 0.6 is 0 Å². The van der Waals surface area contributed by atoms with Crippen LogP contribution < -0.4 is 0 Å². The molecule has 86 valence electrons. The van der Waals surface area contributed by atoms with Gasteiger partial charge in [0.1, 0.15) is 12.1 Å². The van der Waals surface area contributed by atoms with Crippen LogP contribution in [0.15, 0.2) is 4.99 Å². The number of rotatable bonds is 2. The first-order chi connectivity index (χ1) is 6.87. The number of carbonyl (C=O) groups excluding carboxylic acids is 1. The highest BCUT2D eigenvalue weighted by molar-refractivity contribution is 5.88. The molecule has 3 heteroatoms. The van der Waals surface area contributed by atoms with Gasteiger partial charge in [0.15, 0.2) is 0 Å². The summed E-state index contributed by atoms with van der Waals surface area (Å²) in [4.78, 5) is 15.7. The van der Waals surface area contributed by atoms with E-state index in [4.69, 9.17) is 4.74 Å². The molecule has 0 N–H and O–H groups in total. The molecule has 1 aliphatic rings.